The molecule has 0 spiro atoms. The largest absolute Gasteiger partial charge is 0.342 e. The van der Waals surface area contributed by atoms with Crippen LogP contribution in [0, 0.1) is 12.7 Å². The molecule has 0 atom stereocenters. The van der Waals surface area contributed by atoms with Crippen LogP contribution in [-0.2, 0) is 10.0 Å². The van der Waals surface area contributed by atoms with Crippen LogP contribution in [0.1, 0.15) is 5.56 Å². The van der Waals surface area contributed by atoms with E-state index >= 15 is 0 Å². The standard InChI is InChI=1S/C11H9FN2O4S/c1-7-2-4-8(5-3-7)19(17,18)14-6-9(12)10(15)13-11(14)16/h2-6H,1H3,(H,13,15,16). The number of hydrogen-bond acceptors (Lipinski definition) is 4. The van der Waals surface area contributed by atoms with Gasteiger partial charge < -0.3 is 0 Å². The van der Waals surface area contributed by atoms with Gasteiger partial charge in [-0.05, 0) is 19.1 Å². The molecule has 1 aromatic carbocycles. The molecule has 0 unspecified atom stereocenters. The van der Waals surface area contributed by atoms with Gasteiger partial charge in [0.2, 0.25) is 5.82 Å². The second-order valence-electron chi connectivity index (χ2n) is 3.85. The van der Waals surface area contributed by atoms with E-state index in [4.69, 9.17) is 0 Å². The summed E-state index contributed by atoms with van der Waals surface area (Å²) in [6, 6.07) is 5.67. The van der Waals surface area contributed by atoms with Crippen LogP contribution in [0.2, 0.25) is 0 Å². The molecule has 1 N–H and O–H groups in total. The van der Waals surface area contributed by atoms with Gasteiger partial charge in [0, 0.05) is 0 Å². The molecule has 0 aliphatic heterocycles. The molecule has 100 valence electrons. The SMILES string of the molecule is Cc1ccc(S(=O)(=O)n2cc(F)c(=O)[nH]c2=O)cc1. The summed E-state index contributed by atoms with van der Waals surface area (Å²) in [5.74, 6) is -1.35. The number of hydrogen-bond donors (Lipinski definition) is 1. The molecule has 6 nitrogen and oxygen atoms in total. The summed E-state index contributed by atoms with van der Waals surface area (Å²) in [5.41, 5.74) is -1.65. The third-order valence-corrected chi connectivity index (χ3v) is 4.10. The summed E-state index contributed by atoms with van der Waals surface area (Å²) in [7, 11) is -4.23. The molecule has 0 fully saturated rings. The molecule has 0 saturated heterocycles. The Labute approximate surface area is 107 Å². The first-order valence-corrected chi connectivity index (χ1v) is 6.60. The molecule has 19 heavy (non-hydrogen) atoms. The van der Waals surface area contributed by atoms with Gasteiger partial charge in [0.05, 0.1) is 11.1 Å². The monoisotopic (exact) mass is 284 g/mol. The zero-order valence-corrected chi connectivity index (χ0v) is 10.6. The summed E-state index contributed by atoms with van der Waals surface area (Å²) in [6.45, 7) is 1.77. The van der Waals surface area contributed by atoms with E-state index in [1.807, 2.05) is 0 Å². The molecular weight excluding hydrogens is 275 g/mol. The van der Waals surface area contributed by atoms with E-state index < -0.39 is 27.1 Å². The lowest BCUT2D eigenvalue weighted by molar-refractivity contribution is 0.564. The Morgan fingerprint density at radius 3 is 2.32 bits per heavy atom. The zero-order valence-electron chi connectivity index (χ0n) is 9.75. The molecule has 0 saturated carbocycles. The normalized spacial score (nSPS) is 11.5. The van der Waals surface area contributed by atoms with Gasteiger partial charge in [-0.2, -0.15) is 8.36 Å². The van der Waals surface area contributed by atoms with Gasteiger partial charge in [-0.1, -0.05) is 17.7 Å². The van der Waals surface area contributed by atoms with Gasteiger partial charge in [-0.3, -0.25) is 9.78 Å². The van der Waals surface area contributed by atoms with Crippen molar-refractivity contribution >= 4 is 10.0 Å². The number of nitrogens with zero attached hydrogens (tertiary/aromatic N) is 1. The second-order valence-corrected chi connectivity index (χ2v) is 5.67. The molecule has 8 heteroatoms. The molecule has 0 amide bonds. The molecule has 2 aromatic rings. The fourth-order valence-electron chi connectivity index (χ4n) is 1.43. The van der Waals surface area contributed by atoms with Gasteiger partial charge in [0.25, 0.3) is 15.6 Å². The van der Waals surface area contributed by atoms with Gasteiger partial charge in [-0.15, -0.1) is 0 Å². The lowest BCUT2D eigenvalue weighted by Gasteiger charge is -2.07. The Balaban J connectivity index is 2.70. The summed E-state index contributed by atoms with van der Waals surface area (Å²) in [6.07, 6.45) is 0.357. The number of nitrogens with one attached hydrogen (secondary N) is 1. The minimum Gasteiger partial charge on any atom is -0.271 e. The average Bonchev–Trinajstić information content (AvgIpc) is 2.34. The predicted octanol–water partition coefficient (Wildman–Crippen LogP) is 0.221. The van der Waals surface area contributed by atoms with Crippen molar-refractivity contribution in [1.82, 2.24) is 8.96 Å². The van der Waals surface area contributed by atoms with Crippen LogP contribution in [-0.4, -0.2) is 17.4 Å². The highest BCUT2D eigenvalue weighted by molar-refractivity contribution is 7.90. The van der Waals surface area contributed by atoms with Crippen molar-refractivity contribution in [3.8, 4) is 0 Å². The van der Waals surface area contributed by atoms with Crippen LogP contribution in [0.15, 0.2) is 44.9 Å². The summed E-state index contributed by atoms with van der Waals surface area (Å²) >= 11 is 0. The van der Waals surface area contributed by atoms with Crippen molar-refractivity contribution in [2.24, 2.45) is 0 Å². The topological polar surface area (TPSA) is 89.0 Å². The van der Waals surface area contributed by atoms with Crippen LogP contribution < -0.4 is 11.2 Å². The van der Waals surface area contributed by atoms with Crippen LogP contribution in [0.4, 0.5) is 4.39 Å². The molecule has 0 radical (unpaired) electrons. The Bertz CT molecular complexity index is 834. The molecule has 1 aromatic heterocycles. The maximum absolute atomic E-state index is 13.1. The first-order chi connectivity index (χ1) is 8.82. The number of halogens is 1. The molecule has 0 aliphatic rings. The lowest BCUT2D eigenvalue weighted by atomic mass is 10.2. The zero-order chi connectivity index (χ0) is 14.2. The van der Waals surface area contributed by atoms with E-state index in [9.17, 15) is 22.4 Å². The van der Waals surface area contributed by atoms with Crippen molar-refractivity contribution in [1.29, 1.82) is 0 Å². The molecule has 1 heterocycles. The van der Waals surface area contributed by atoms with E-state index in [0.29, 0.717) is 6.20 Å². The number of aromatic amines is 1. The smallest absolute Gasteiger partial charge is 0.271 e. The molecular formula is C11H9FN2O4S. The number of aryl methyl sites for hydroxylation is 1. The van der Waals surface area contributed by atoms with Gasteiger partial charge in [0.1, 0.15) is 0 Å². The van der Waals surface area contributed by atoms with Crippen molar-refractivity contribution < 1.29 is 12.8 Å². The average molecular weight is 284 g/mol. The van der Waals surface area contributed by atoms with Crippen LogP contribution >= 0.6 is 0 Å². The first-order valence-electron chi connectivity index (χ1n) is 5.16. The minimum absolute atomic E-state index is 0.161. The quantitative estimate of drug-likeness (QED) is 0.854. The Morgan fingerprint density at radius 1 is 1.16 bits per heavy atom. The summed E-state index contributed by atoms with van der Waals surface area (Å²) in [4.78, 5) is 23.7. The molecule has 0 bridgehead atoms. The van der Waals surface area contributed by atoms with Crippen molar-refractivity contribution in [2.75, 3.05) is 0 Å². The molecule has 0 aliphatic carbocycles. The molecule has 2 rings (SSSR count). The number of aromatic nitrogens is 2. The highest BCUT2D eigenvalue weighted by Crippen LogP contribution is 2.12. The fraction of sp³-hybridized carbons (Fsp3) is 0.0909. The highest BCUT2D eigenvalue weighted by atomic mass is 32.2. The maximum atomic E-state index is 13.1. The van der Waals surface area contributed by atoms with Crippen molar-refractivity contribution in [3.05, 3.63) is 62.7 Å². The first kappa shape index (κ1) is 13.2. The fourth-order valence-corrected chi connectivity index (χ4v) is 2.64. The third-order valence-electron chi connectivity index (χ3n) is 2.45. The van der Waals surface area contributed by atoms with Gasteiger partial charge >= 0.3 is 5.69 Å². The minimum atomic E-state index is -4.23. The number of rotatable bonds is 2. The Hall–Kier alpha value is -2.22. The lowest BCUT2D eigenvalue weighted by Crippen LogP contribution is -2.35. The number of benzene rings is 1. The van der Waals surface area contributed by atoms with E-state index in [1.165, 1.54) is 12.1 Å². The van der Waals surface area contributed by atoms with Crippen molar-refractivity contribution in [3.63, 3.8) is 0 Å². The van der Waals surface area contributed by atoms with E-state index in [1.54, 1.807) is 24.0 Å². The van der Waals surface area contributed by atoms with E-state index in [0.717, 1.165) is 5.56 Å². The van der Waals surface area contributed by atoms with Crippen LogP contribution in [0.25, 0.3) is 0 Å². The van der Waals surface area contributed by atoms with Crippen LogP contribution in [0.3, 0.4) is 0 Å². The van der Waals surface area contributed by atoms with Crippen molar-refractivity contribution in [2.45, 2.75) is 11.8 Å². The van der Waals surface area contributed by atoms with Crippen LogP contribution in [0.5, 0.6) is 0 Å². The third kappa shape index (κ3) is 2.34. The predicted molar refractivity (Wildman–Crippen MR) is 65.0 cm³/mol. The maximum Gasteiger partial charge on any atom is 0.342 e. The van der Waals surface area contributed by atoms with Gasteiger partial charge in [0.15, 0.2) is 0 Å². The van der Waals surface area contributed by atoms with Gasteiger partial charge in [-0.25, -0.2) is 13.2 Å². The second kappa shape index (κ2) is 4.47. The number of H-pyrrole nitrogens is 1. The Kier molecular flexibility index (Phi) is 3.11. The van der Waals surface area contributed by atoms with E-state index in [-0.39, 0.29) is 8.87 Å². The van der Waals surface area contributed by atoms with E-state index in [2.05, 4.69) is 0 Å². The summed E-state index contributed by atoms with van der Waals surface area (Å²) < 4.78 is 37.5. The Morgan fingerprint density at radius 2 is 1.74 bits per heavy atom. The highest BCUT2D eigenvalue weighted by Gasteiger charge is 2.19. The summed E-state index contributed by atoms with van der Waals surface area (Å²) in [5, 5.41) is 0.